The Kier molecular flexibility index (Phi) is 5.14. The number of amides is 1. The maximum Gasteiger partial charge on any atom is 0.327 e. The van der Waals surface area contributed by atoms with Crippen LogP contribution in [0, 0.1) is 17.2 Å². The number of halogens is 2. The van der Waals surface area contributed by atoms with Gasteiger partial charge in [0.15, 0.2) is 0 Å². The van der Waals surface area contributed by atoms with Crippen molar-refractivity contribution in [3.63, 3.8) is 0 Å². The van der Waals surface area contributed by atoms with Crippen LogP contribution in [0.2, 0.25) is 0 Å². The predicted molar refractivity (Wildman–Crippen MR) is 127 cm³/mol. The fourth-order valence-electron chi connectivity index (χ4n) is 5.99. The van der Waals surface area contributed by atoms with E-state index in [1.165, 1.54) is 17.6 Å². The van der Waals surface area contributed by atoms with Crippen molar-refractivity contribution in [3.05, 3.63) is 30.0 Å². The standard InChI is InChI=1S/C25H28F2N8O/c1-15-11-34(23(36)25(26,27)17-4-5-17)16(2)10-33(15)21-20-22(32-14-31-21)35(12-24(20)6-3-7-24)19-8-18(9-28)29-13-30-19/h8,13-17H,3-7,10-12H2,1-2H3/t15-,16+/m0/s1. The third kappa shape index (κ3) is 3.41. The second-order valence-electron chi connectivity index (χ2n) is 10.7. The molecule has 0 bridgehead atoms. The lowest BCUT2D eigenvalue weighted by Crippen LogP contribution is -2.61. The van der Waals surface area contributed by atoms with E-state index in [2.05, 4.69) is 25.9 Å². The van der Waals surface area contributed by atoms with Crippen LogP contribution in [0.15, 0.2) is 18.7 Å². The minimum Gasteiger partial charge on any atom is -0.350 e. The fourth-order valence-corrected chi connectivity index (χ4v) is 5.99. The number of aromatic nitrogens is 4. The molecule has 2 aromatic rings. The van der Waals surface area contributed by atoms with Crippen molar-refractivity contribution in [2.75, 3.05) is 29.4 Å². The summed E-state index contributed by atoms with van der Waals surface area (Å²) in [4.78, 5) is 36.1. The van der Waals surface area contributed by atoms with E-state index >= 15 is 0 Å². The first-order valence-corrected chi connectivity index (χ1v) is 12.6. The molecule has 0 radical (unpaired) electrons. The van der Waals surface area contributed by atoms with Crippen LogP contribution in [0.25, 0.3) is 0 Å². The molecule has 0 unspecified atom stereocenters. The molecule has 2 saturated carbocycles. The Bertz CT molecular complexity index is 1250. The lowest BCUT2D eigenvalue weighted by Gasteiger charge is -2.47. The second kappa shape index (κ2) is 8.05. The monoisotopic (exact) mass is 494 g/mol. The molecule has 4 heterocycles. The fraction of sp³-hybridized carbons (Fsp3) is 0.600. The van der Waals surface area contributed by atoms with E-state index in [-0.39, 0.29) is 29.7 Å². The average molecular weight is 495 g/mol. The molecule has 2 atom stereocenters. The van der Waals surface area contributed by atoms with Gasteiger partial charge in [-0.2, -0.15) is 14.0 Å². The number of carbonyl (C=O) groups is 1. The maximum atomic E-state index is 14.6. The summed E-state index contributed by atoms with van der Waals surface area (Å²) in [6.07, 6.45) is 6.82. The first kappa shape index (κ1) is 23.0. The van der Waals surface area contributed by atoms with Crippen LogP contribution in [0.3, 0.4) is 0 Å². The summed E-state index contributed by atoms with van der Waals surface area (Å²) in [6, 6.07) is 3.17. The molecular weight excluding hydrogens is 466 g/mol. The summed E-state index contributed by atoms with van der Waals surface area (Å²) < 4.78 is 29.3. The topological polar surface area (TPSA) is 102 Å². The molecule has 1 saturated heterocycles. The lowest BCUT2D eigenvalue weighted by molar-refractivity contribution is -0.163. The van der Waals surface area contributed by atoms with Crippen LogP contribution in [0.1, 0.15) is 57.2 Å². The molecule has 2 aromatic heterocycles. The van der Waals surface area contributed by atoms with Crippen molar-refractivity contribution < 1.29 is 13.6 Å². The molecule has 188 valence electrons. The van der Waals surface area contributed by atoms with Crippen LogP contribution in [-0.2, 0) is 10.2 Å². The molecule has 9 nitrogen and oxygen atoms in total. The molecule has 4 aliphatic rings. The SMILES string of the molecule is C[C@@H]1CN(c2ncnc3c2C2(CCC2)CN3c2cc(C#N)ncn2)[C@@H](C)CN1C(=O)C(F)(F)C1CC1. The van der Waals surface area contributed by atoms with Gasteiger partial charge in [-0.15, -0.1) is 0 Å². The van der Waals surface area contributed by atoms with E-state index in [9.17, 15) is 18.8 Å². The van der Waals surface area contributed by atoms with Crippen LogP contribution in [-0.4, -0.2) is 68.4 Å². The Hall–Kier alpha value is -3.42. The summed E-state index contributed by atoms with van der Waals surface area (Å²) in [5, 5.41) is 9.31. The zero-order chi connectivity index (χ0) is 25.2. The number of carbonyl (C=O) groups excluding carboxylic acids is 1. The highest BCUT2D eigenvalue weighted by atomic mass is 19.3. The lowest BCUT2D eigenvalue weighted by atomic mass is 9.66. The maximum absolute atomic E-state index is 14.6. The van der Waals surface area contributed by atoms with Crippen LogP contribution < -0.4 is 9.80 Å². The Balaban J connectivity index is 1.34. The normalized spacial score (nSPS) is 24.9. The Morgan fingerprint density at radius 1 is 1.08 bits per heavy atom. The molecule has 11 heteroatoms. The quantitative estimate of drug-likeness (QED) is 0.639. The molecule has 2 aliphatic heterocycles. The van der Waals surface area contributed by atoms with Crippen LogP contribution in [0.5, 0.6) is 0 Å². The largest absolute Gasteiger partial charge is 0.350 e. The molecule has 36 heavy (non-hydrogen) atoms. The van der Waals surface area contributed by atoms with Crippen LogP contribution >= 0.6 is 0 Å². The summed E-state index contributed by atoms with van der Waals surface area (Å²) in [5.41, 5.74) is 1.21. The van der Waals surface area contributed by atoms with E-state index in [0.717, 1.165) is 36.5 Å². The van der Waals surface area contributed by atoms with Gasteiger partial charge in [-0.3, -0.25) is 4.79 Å². The molecule has 2 aliphatic carbocycles. The molecule has 3 fully saturated rings. The number of alkyl halides is 2. The third-order valence-electron chi connectivity index (χ3n) is 8.30. The van der Waals surface area contributed by atoms with Crippen molar-refractivity contribution in [2.45, 2.75) is 69.4 Å². The molecule has 1 amide bonds. The van der Waals surface area contributed by atoms with E-state index in [0.29, 0.717) is 31.7 Å². The summed E-state index contributed by atoms with van der Waals surface area (Å²) >= 11 is 0. The van der Waals surface area contributed by atoms with E-state index in [4.69, 9.17) is 4.98 Å². The van der Waals surface area contributed by atoms with E-state index in [1.807, 2.05) is 18.7 Å². The summed E-state index contributed by atoms with van der Waals surface area (Å²) in [7, 11) is 0. The first-order chi connectivity index (χ1) is 17.2. The van der Waals surface area contributed by atoms with E-state index < -0.39 is 17.7 Å². The van der Waals surface area contributed by atoms with Gasteiger partial charge in [0.25, 0.3) is 5.91 Å². The van der Waals surface area contributed by atoms with Gasteiger partial charge < -0.3 is 14.7 Å². The molecule has 6 rings (SSSR count). The highest BCUT2D eigenvalue weighted by molar-refractivity contribution is 5.85. The smallest absolute Gasteiger partial charge is 0.327 e. The van der Waals surface area contributed by atoms with Gasteiger partial charge in [0, 0.05) is 54.7 Å². The zero-order valence-electron chi connectivity index (χ0n) is 20.4. The van der Waals surface area contributed by atoms with Gasteiger partial charge in [0.1, 0.15) is 41.9 Å². The van der Waals surface area contributed by atoms with Gasteiger partial charge in [-0.1, -0.05) is 6.42 Å². The predicted octanol–water partition coefficient (Wildman–Crippen LogP) is 3.18. The highest BCUT2D eigenvalue weighted by Gasteiger charge is 2.56. The van der Waals surface area contributed by atoms with E-state index in [1.54, 1.807) is 6.07 Å². The number of hydrogen-bond donors (Lipinski definition) is 0. The number of piperazine rings is 1. The molecular formula is C25H28F2N8O. The first-order valence-electron chi connectivity index (χ1n) is 12.6. The van der Waals surface area contributed by atoms with Crippen molar-refractivity contribution >= 4 is 23.4 Å². The Morgan fingerprint density at radius 2 is 1.81 bits per heavy atom. The van der Waals surface area contributed by atoms with Crippen LogP contribution in [0.4, 0.5) is 26.2 Å². The van der Waals surface area contributed by atoms with Gasteiger partial charge in [0.05, 0.1) is 0 Å². The van der Waals surface area contributed by atoms with Gasteiger partial charge in [-0.05, 0) is 39.5 Å². The average Bonchev–Trinajstić information content (AvgIpc) is 3.65. The zero-order valence-corrected chi connectivity index (χ0v) is 20.4. The minimum atomic E-state index is -3.29. The molecule has 1 spiro atoms. The van der Waals surface area contributed by atoms with Gasteiger partial charge in [-0.25, -0.2) is 19.9 Å². The number of nitriles is 1. The third-order valence-corrected chi connectivity index (χ3v) is 8.30. The number of fused-ring (bicyclic) bond motifs is 2. The highest BCUT2D eigenvalue weighted by Crippen LogP contribution is 2.56. The van der Waals surface area contributed by atoms with Crippen molar-refractivity contribution in [1.82, 2.24) is 24.8 Å². The van der Waals surface area contributed by atoms with Gasteiger partial charge in [0.2, 0.25) is 0 Å². The number of rotatable bonds is 4. The van der Waals surface area contributed by atoms with Crippen molar-refractivity contribution in [1.29, 1.82) is 5.26 Å². The summed E-state index contributed by atoms with van der Waals surface area (Å²) in [6.45, 7) is 5.11. The number of nitrogens with zero attached hydrogens (tertiary/aromatic N) is 8. The Labute approximate surface area is 208 Å². The molecule has 0 aromatic carbocycles. The molecule has 0 N–H and O–H groups in total. The van der Waals surface area contributed by atoms with Gasteiger partial charge >= 0.3 is 5.92 Å². The van der Waals surface area contributed by atoms with Crippen molar-refractivity contribution in [2.24, 2.45) is 5.92 Å². The van der Waals surface area contributed by atoms with Crippen molar-refractivity contribution in [3.8, 4) is 6.07 Å². The Morgan fingerprint density at radius 3 is 2.47 bits per heavy atom. The summed E-state index contributed by atoms with van der Waals surface area (Å²) in [5.74, 6) is -2.96. The number of hydrogen-bond acceptors (Lipinski definition) is 8. The number of anilines is 3. The second-order valence-corrected chi connectivity index (χ2v) is 10.7. The minimum absolute atomic E-state index is 0.126.